The topological polar surface area (TPSA) is 89.3 Å². The van der Waals surface area contributed by atoms with Gasteiger partial charge in [0.05, 0.1) is 11.0 Å². The van der Waals surface area contributed by atoms with Crippen molar-refractivity contribution in [2.75, 3.05) is 0 Å². The molecule has 0 aliphatic heterocycles. The first kappa shape index (κ1) is 13.8. The predicted octanol–water partition coefficient (Wildman–Crippen LogP) is 1.61. The molecule has 96 valence electrons. The molecular formula is C12H14N2O4. The molecule has 6 heteroatoms. The molecule has 0 aromatic heterocycles. The zero-order valence-electron chi connectivity index (χ0n) is 10.4. The van der Waals surface area contributed by atoms with Crippen molar-refractivity contribution in [2.45, 2.75) is 26.8 Å². The van der Waals surface area contributed by atoms with Crippen LogP contribution >= 0.6 is 0 Å². The van der Waals surface area contributed by atoms with Crippen LogP contribution in [-0.4, -0.2) is 22.7 Å². The molecule has 0 fully saturated rings. The van der Waals surface area contributed by atoms with Gasteiger partial charge in [-0.15, -0.1) is 0 Å². The van der Waals surface area contributed by atoms with Crippen molar-refractivity contribution in [3.8, 4) is 0 Å². The van der Waals surface area contributed by atoms with Gasteiger partial charge in [0.25, 0.3) is 11.6 Å². The van der Waals surface area contributed by atoms with Crippen LogP contribution in [0.15, 0.2) is 18.2 Å². The van der Waals surface area contributed by atoms with E-state index in [1.165, 1.54) is 26.0 Å². The van der Waals surface area contributed by atoms with Crippen molar-refractivity contribution in [1.82, 2.24) is 5.32 Å². The van der Waals surface area contributed by atoms with E-state index < -0.39 is 16.9 Å². The third-order valence-electron chi connectivity index (χ3n) is 2.63. The molecule has 1 aromatic carbocycles. The van der Waals surface area contributed by atoms with E-state index in [4.69, 9.17) is 0 Å². The van der Waals surface area contributed by atoms with Gasteiger partial charge in [-0.05, 0) is 26.3 Å². The molecule has 1 unspecified atom stereocenters. The first-order valence-electron chi connectivity index (χ1n) is 5.40. The Morgan fingerprint density at radius 1 is 1.39 bits per heavy atom. The van der Waals surface area contributed by atoms with Gasteiger partial charge in [0.15, 0.2) is 5.78 Å². The molecule has 0 saturated carbocycles. The molecule has 1 N–H and O–H groups in total. The minimum atomic E-state index is -0.670. The van der Waals surface area contributed by atoms with E-state index >= 15 is 0 Å². The highest BCUT2D eigenvalue weighted by molar-refractivity contribution is 6.01. The molecule has 0 radical (unpaired) electrons. The number of hydrogen-bond acceptors (Lipinski definition) is 4. The van der Waals surface area contributed by atoms with E-state index in [9.17, 15) is 19.7 Å². The summed E-state index contributed by atoms with van der Waals surface area (Å²) in [5.41, 5.74) is 0.233. The molecule has 1 aromatic rings. The first-order valence-corrected chi connectivity index (χ1v) is 5.40. The Balaban J connectivity index is 3.12. The van der Waals surface area contributed by atoms with Gasteiger partial charge in [0.2, 0.25) is 0 Å². The maximum Gasteiger partial charge on any atom is 0.282 e. The number of nitrogens with one attached hydrogen (secondary N) is 1. The van der Waals surface area contributed by atoms with E-state index in [-0.39, 0.29) is 17.0 Å². The third kappa shape index (κ3) is 2.91. The summed E-state index contributed by atoms with van der Waals surface area (Å²) in [5.74, 6) is -0.818. The van der Waals surface area contributed by atoms with Crippen LogP contribution in [0, 0.1) is 17.0 Å². The summed E-state index contributed by atoms with van der Waals surface area (Å²) in [6.07, 6.45) is 0. The number of Topliss-reactive ketones (excluding diaryl/α,β-unsaturated/α-hetero) is 1. The lowest BCUT2D eigenvalue weighted by Crippen LogP contribution is -2.37. The van der Waals surface area contributed by atoms with Crippen LogP contribution in [0.3, 0.4) is 0 Å². The number of ketones is 1. The van der Waals surface area contributed by atoms with Gasteiger partial charge in [-0.3, -0.25) is 19.7 Å². The lowest BCUT2D eigenvalue weighted by molar-refractivity contribution is -0.385. The van der Waals surface area contributed by atoms with E-state index in [1.54, 1.807) is 13.0 Å². The zero-order valence-corrected chi connectivity index (χ0v) is 10.4. The number of nitro benzene ring substituents is 1. The van der Waals surface area contributed by atoms with Crippen molar-refractivity contribution in [3.63, 3.8) is 0 Å². The second kappa shape index (κ2) is 5.39. The van der Waals surface area contributed by atoms with Gasteiger partial charge in [-0.2, -0.15) is 0 Å². The molecular weight excluding hydrogens is 236 g/mol. The van der Waals surface area contributed by atoms with Gasteiger partial charge < -0.3 is 5.32 Å². The largest absolute Gasteiger partial charge is 0.342 e. The third-order valence-corrected chi connectivity index (χ3v) is 2.63. The fourth-order valence-corrected chi connectivity index (χ4v) is 1.47. The fourth-order valence-electron chi connectivity index (χ4n) is 1.47. The molecule has 1 rings (SSSR count). The Labute approximate surface area is 104 Å². The second-order valence-corrected chi connectivity index (χ2v) is 4.03. The van der Waals surface area contributed by atoms with Crippen molar-refractivity contribution in [3.05, 3.63) is 39.4 Å². The summed E-state index contributed by atoms with van der Waals surface area (Å²) in [7, 11) is 0. The van der Waals surface area contributed by atoms with Gasteiger partial charge in [0.1, 0.15) is 5.56 Å². The normalized spacial score (nSPS) is 11.7. The highest BCUT2D eigenvalue weighted by Crippen LogP contribution is 2.21. The summed E-state index contributed by atoms with van der Waals surface area (Å²) in [5, 5.41) is 13.3. The van der Waals surface area contributed by atoms with Crippen LogP contribution in [0.1, 0.15) is 29.8 Å². The maximum absolute atomic E-state index is 11.9. The highest BCUT2D eigenvalue weighted by Gasteiger charge is 2.23. The molecule has 1 amide bonds. The Bertz CT molecular complexity index is 511. The number of rotatable bonds is 4. The van der Waals surface area contributed by atoms with Crippen molar-refractivity contribution >= 4 is 17.4 Å². The molecule has 0 bridgehead atoms. The minimum Gasteiger partial charge on any atom is -0.342 e. The van der Waals surface area contributed by atoms with Crippen LogP contribution in [0.25, 0.3) is 0 Å². The number of carbonyl (C=O) groups excluding carboxylic acids is 2. The maximum atomic E-state index is 11.9. The van der Waals surface area contributed by atoms with Crippen LogP contribution < -0.4 is 5.32 Å². The Hall–Kier alpha value is -2.24. The minimum absolute atomic E-state index is 0.00407. The SMILES string of the molecule is CC(=O)C(C)NC(=O)c1c(C)cccc1[N+](=O)[O-]. The summed E-state index contributed by atoms with van der Waals surface area (Å²) in [6, 6.07) is 3.72. The standard InChI is InChI=1S/C12H14N2O4/c1-7-5-4-6-10(14(17)18)11(7)12(16)13-8(2)9(3)15/h4-6,8H,1-3H3,(H,13,16). The van der Waals surface area contributed by atoms with E-state index in [0.29, 0.717) is 5.56 Å². The quantitative estimate of drug-likeness (QED) is 0.649. The smallest absolute Gasteiger partial charge is 0.282 e. The zero-order chi connectivity index (χ0) is 13.9. The molecule has 0 spiro atoms. The molecule has 0 aliphatic carbocycles. The molecule has 0 saturated heterocycles. The average molecular weight is 250 g/mol. The van der Waals surface area contributed by atoms with Gasteiger partial charge in [0, 0.05) is 6.07 Å². The lowest BCUT2D eigenvalue weighted by Gasteiger charge is -2.12. The number of nitro groups is 1. The van der Waals surface area contributed by atoms with Gasteiger partial charge in [-0.1, -0.05) is 12.1 Å². The first-order chi connectivity index (χ1) is 8.34. The van der Waals surface area contributed by atoms with Crippen LogP contribution in [0.5, 0.6) is 0 Å². The van der Waals surface area contributed by atoms with Crippen molar-refractivity contribution < 1.29 is 14.5 Å². The number of hydrogen-bond donors (Lipinski definition) is 1. The van der Waals surface area contributed by atoms with Crippen LogP contribution in [0.2, 0.25) is 0 Å². The number of aryl methyl sites for hydroxylation is 1. The summed E-state index contributed by atoms with van der Waals surface area (Å²) >= 11 is 0. The van der Waals surface area contributed by atoms with Crippen molar-refractivity contribution in [1.29, 1.82) is 0 Å². The molecule has 18 heavy (non-hydrogen) atoms. The van der Waals surface area contributed by atoms with Gasteiger partial charge in [-0.25, -0.2) is 0 Å². The van der Waals surface area contributed by atoms with E-state index in [0.717, 1.165) is 0 Å². The fraction of sp³-hybridized carbons (Fsp3) is 0.333. The number of carbonyl (C=O) groups is 2. The number of nitrogens with zero attached hydrogens (tertiary/aromatic N) is 1. The summed E-state index contributed by atoms with van der Waals surface area (Å²) in [4.78, 5) is 33.2. The lowest BCUT2D eigenvalue weighted by atomic mass is 10.1. The highest BCUT2D eigenvalue weighted by atomic mass is 16.6. The van der Waals surface area contributed by atoms with Gasteiger partial charge >= 0.3 is 0 Å². The molecule has 6 nitrogen and oxygen atoms in total. The monoisotopic (exact) mass is 250 g/mol. The second-order valence-electron chi connectivity index (χ2n) is 4.03. The Kier molecular flexibility index (Phi) is 4.14. The van der Waals surface area contributed by atoms with Crippen molar-refractivity contribution in [2.24, 2.45) is 0 Å². The Morgan fingerprint density at radius 2 is 2.00 bits per heavy atom. The van der Waals surface area contributed by atoms with E-state index in [2.05, 4.69) is 5.32 Å². The predicted molar refractivity (Wildman–Crippen MR) is 65.4 cm³/mol. The summed E-state index contributed by atoms with van der Waals surface area (Å²) in [6.45, 7) is 4.49. The number of amides is 1. The van der Waals surface area contributed by atoms with Crippen LogP contribution in [-0.2, 0) is 4.79 Å². The summed E-state index contributed by atoms with van der Waals surface area (Å²) < 4.78 is 0. The number of benzene rings is 1. The molecule has 1 atom stereocenters. The molecule has 0 aliphatic rings. The molecule has 0 heterocycles. The average Bonchev–Trinajstić information content (AvgIpc) is 2.27. The van der Waals surface area contributed by atoms with Crippen LogP contribution in [0.4, 0.5) is 5.69 Å². The van der Waals surface area contributed by atoms with E-state index in [1.807, 2.05) is 0 Å². The Morgan fingerprint density at radius 3 is 2.50 bits per heavy atom.